The van der Waals surface area contributed by atoms with Gasteiger partial charge in [0.1, 0.15) is 0 Å². The number of hydrogen-bond acceptors (Lipinski definition) is 5. The number of thiol groups is 3. The third kappa shape index (κ3) is 9.84. The van der Waals surface area contributed by atoms with E-state index < -0.39 is 0 Å². The van der Waals surface area contributed by atoms with Gasteiger partial charge < -0.3 is 0 Å². The van der Waals surface area contributed by atoms with E-state index in [9.17, 15) is 0 Å². The maximum absolute atomic E-state index is 4.36. The van der Waals surface area contributed by atoms with E-state index in [0.717, 1.165) is 17.3 Å². The molecule has 5 heteroatoms. The summed E-state index contributed by atoms with van der Waals surface area (Å²) in [6, 6.07) is 0. The van der Waals surface area contributed by atoms with E-state index in [1.54, 1.807) is 0 Å². The maximum Gasteiger partial charge on any atom is 0.0196 e. The molecule has 0 heterocycles. The molecule has 0 radical (unpaired) electrons. The fourth-order valence-corrected chi connectivity index (χ4v) is 3.40. The third-order valence-corrected chi connectivity index (χ3v) is 5.37. The Bertz CT molecular complexity index is 87.9. The molecule has 0 aromatic rings. The molecule has 0 saturated heterocycles. The van der Waals surface area contributed by atoms with Gasteiger partial charge in [0.05, 0.1) is 0 Å². The van der Waals surface area contributed by atoms with Crippen molar-refractivity contribution in [2.24, 2.45) is 0 Å². The quantitative estimate of drug-likeness (QED) is 0.453. The average molecular weight is 261 g/mol. The van der Waals surface area contributed by atoms with Crippen LogP contribution in [0.25, 0.3) is 0 Å². The molecule has 0 aromatic heterocycles. The van der Waals surface area contributed by atoms with Gasteiger partial charge in [0, 0.05) is 34.0 Å². The molecular weight excluding hydrogens is 244 g/mol. The lowest BCUT2D eigenvalue weighted by atomic mass is 10.6. The standard InChI is InChI=1S/C7H16S5/c8-1-2-11-3-4-12-6-7(10)5-9/h7-10H,1-6H2. The van der Waals surface area contributed by atoms with Crippen LogP contribution in [0.4, 0.5) is 0 Å². The Labute approximate surface area is 101 Å². The second kappa shape index (κ2) is 10.8. The number of thioether (sulfide) groups is 2. The summed E-state index contributed by atoms with van der Waals surface area (Å²) >= 11 is 16.6. The first kappa shape index (κ1) is 13.8. The lowest BCUT2D eigenvalue weighted by Gasteiger charge is -2.05. The van der Waals surface area contributed by atoms with Crippen LogP contribution < -0.4 is 0 Å². The van der Waals surface area contributed by atoms with Crippen LogP contribution in [-0.4, -0.2) is 39.8 Å². The molecule has 0 spiro atoms. The predicted octanol–water partition coefficient (Wildman–Crippen LogP) is 2.61. The van der Waals surface area contributed by atoms with E-state index in [2.05, 4.69) is 37.9 Å². The van der Waals surface area contributed by atoms with E-state index in [-0.39, 0.29) is 0 Å². The summed E-state index contributed by atoms with van der Waals surface area (Å²) in [6.07, 6.45) is 0. The van der Waals surface area contributed by atoms with Crippen LogP contribution in [0.3, 0.4) is 0 Å². The minimum atomic E-state index is 0.452. The highest BCUT2D eigenvalue weighted by Crippen LogP contribution is 2.11. The molecule has 1 atom stereocenters. The van der Waals surface area contributed by atoms with Crippen molar-refractivity contribution in [1.82, 2.24) is 0 Å². The van der Waals surface area contributed by atoms with Crippen molar-refractivity contribution in [3.8, 4) is 0 Å². The minimum Gasteiger partial charge on any atom is -0.179 e. The van der Waals surface area contributed by atoms with Crippen LogP contribution >= 0.6 is 61.4 Å². The Kier molecular flexibility index (Phi) is 12.4. The van der Waals surface area contributed by atoms with Crippen LogP contribution in [0, 0.1) is 0 Å². The van der Waals surface area contributed by atoms with E-state index >= 15 is 0 Å². The van der Waals surface area contributed by atoms with Gasteiger partial charge in [-0.15, -0.1) is 0 Å². The first-order valence-corrected chi connectivity index (χ1v) is 7.95. The topological polar surface area (TPSA) is 0 Å². The molecular formula is C7H16S5. The van der Waals surface area contributed by atoms with Gasteiger partial charge in [0.25, 0.3) is 0 Å². The maximum atomic E-state index is 4.36. The van der Waals surface area contributed by atoms with Crippen molar-refractivity contribution in [3.63, 3.8) is 0 Å². The van der Waals surface area contributed by atoms with Gasteiger partial charge in [-0.2, -0.15) is 61.4 Å². The zero-order chi connectivity index (χ0) is 9.23. The van der Waals surface area contributed by atoms with Crippen LogP contribution in [0.15, 0.2) is 0 Å². The molecule has 0 nitrogen and oxygen atoms in total. The summed E-state index contributed by atoms with van der Waals surface area (Å²) < 4.78 is 0. The molecule has 0 amide bonds. The van der Waals surface area contributed by atoms with Crippen LogP contribution in [-0.2, 0) is 0 Å². The van der Waals surface area contributed by atoms with Gasteiger partial charge in [0.2, 0.25) is 0 Å². The fraction of sp³-hybridized carbons (Fsp3) is 1.00. The van der Waals surface area contributed by atoms with Crippen molar-refractivity contribution in [2.45, 2.75) is 5.25 Å². The molecule has 1 unspecified atom stereocenters. The van der Waals surface area contributed by atoms with Crippen LogP contribution in [0.2, 0.25) is 0 Å². The van der Waals surface area contributed by atoms with Crippen molar-refractivity contribution in [1.29, 1.82) is 0 Å². The summed E-state index contributed by atoms with van der Waals surface area (Å²) in [5, 5.41) is 0.452. The van der Waals surface area contributed by atoms with Crippen LogP contribution in [0.1, 0.15) is 0 Å². The molecule has 0 saturated carbocycles. The van der Waals surface area contributed by atoms with Crippen molar-refractivity contribution >= 4 is 61.4 Å². The average Bonchev–Trinajstić information content (AvgIpc) is 2.10. The predicted molar refractivity (Wildman–Crippen MR) is 75.1 cm³/mol. The van der Waals surface area contributed by atoms with E-state index in [0.29, 0.717) is 5.25 Å². The van der Waals surface area contributed by atoms with Crippen LogP contribution in [0.5, 0.6) is 0 Å². The minimum absolute atomic E-state index is 0.452. The van der Waals surface area contributed by atoms with E-state index in [1.165, 1.54) is 17.3 Å². The lowest BCUT2D eigenvalue weighted by Crippen LogP contribution is -2.04. The molecule has 0 aliphatic heterocycles. The van der Waals surface area contributed by atoms with Gasteiger partial charge in [-0.3, -0.25) is 0 Å². The zero-order valence-electron chi connectivity index (χ0n) is 6.98. The lowest BCUT2D eigenvalue weighted by molar-refractivity contribution is 1.16. The Morgan fingerprint density at radius 2 is 1.67 bits per heavy atom. The number of hydrogen-bond donors (Lipinski definition) is 3. The molecule has 0 aliphatic rings. The van der Waals surface area contributed by atoms with Gasteiger partial charge in [-0.1, -0.05) is 0 Å². The highest BCUT2D eigenvalue weighted by Gasteiger charge is 1.99. The Balaban J connectivity index is 2.90. The van der Waals surface area contributed by atoms with Gasteiger partial charge in [-0.25, -0.2) is 0 Å². The van der Waals surface area contributed by atoms with Gasteiger partial charge >= 0.3 is 0 Å². The van der Waals surface area contributed by atoms with Crippen molar-refractivity contribution < 1.29 is 0 Å². The third-order valence-electron chi connectivity index (χ3n) is 1.13. The highest BCUT2D eigenvalue weighted by molar-refractivity contribution is 8.03. The second-order valence-electron chi connectivity index (χ2n) is 2.25. The van der Waals surface area contributed by atoms with Gasteiger partial charge in [-0.05, 0) is 5.75 Å². The second-order valence-corrected chi connectivity index (χ2v) is 6.16. The molecule has 74 valence electrons. The summed E-state index contributed by atoms with van der Waals surface area (Å²) in [5.41, 5.74) is 0. The zero-order valence-corrected chi connectivity index (χ0v) is 11.3. The number of rotatable bonds is 8. The molecule has 0 N–H and O–H groups in total. The molecule has 0 aliphatic carbocycles. The SMILES string of the molecule is SCCSCCSCC(S)CS. The smallest absolute Gasteiger partial charge is 0.0196 e. The normalized spacial score (nSPS) is 13.2. The summed E-state index contributed by atoms with van der Waals surface area (Å²) in [7, 11) is 0. The Hall–Kier alpha value is 1.75. The Morgan fingerprint density at radius 3 is 2.25 bits per heavy atom. The largest absolute Gasteiger partial charge is 0.179 e. The van der Waals surface area contributed by atoms with Crippen molar-refractivity contribution in [3.05, 3.63) is 0 Å². The van der Waals surface area contributed by atoms with Gasteiger partial charge in [0.15, 0.2) is 0 Å². The summed E-state index contributed by atoms with van der Waals surface area (Å²) in [4.78, 5) is 0. The monoisotopic (exact) mass is 260 g/mol. The summed E-state index contributed by atoms with van der Waals surface area (Å²) in [6.45, 7) is 0. The van der Waals surface area contributed by atoms with E-state index in [4.69, 9.17) is 0 Å². The summed E-state index contributed by atoms with van der Waals surface area (Å²) in [5.74, 6) is 6.61. The first-order valence-electron chi connectivity index (χ1n) is 3.86. The Morgan fingerprint density at radius 1 is 1.00 bits per heavy atom. The van der Waals surface area contributed by atoms with E-state index in [1.807, 2.05) is 23.5 Å². The molecule has 0 rings (SSSR count). The molecule has 12 heavy (non-hydrogen) atoms. The highest BCUT2D eigenvalue weighted by atomic mass is 32.2. The fourth-order valence-electron chi connectivity index (χ4n) is 0.557. The molecule has 0 fully saturated rings. The molecule has 0 bridgehead atoms. The first-order chi connectivity index (χ1) is 5.81. The molecule has 0 aromatic carbocycles. The van der Waals surface area contributed by atoms with Crippen molar-refractivity contribution in [2.75, 3.05) is 34.5 Å².